The van der Waals surface area contributed by atoms with Crippen LogP contribution in [-0.2, 0) is 11.3 Å². The Bertz CT molecular complexity index is 671. The van der Waals surface area contributed by atoms with Crippen molar-refractivity contribution in [2.24, 2.45) is 0 Å². The van der Waals surface area contributed by atoms with Crippen molar-refractivity contribution in [1.82, 2.24) is 0 Å². The number of carbonyl (C=O) groups is 1. The van der Waals surface area contributed by atoms with E-state index in [0.29, 0.717) is 11.3 Å². The molecular weight excluding hydrogens is 276 g/mol. The number of benzene rings is 2. The summed E-state index contributed by atoms with van der Waals surface area (Å²) in [4.78, 5) is 11.3. The van der Waals surface area contributed by atoms with Crippen molar-refractivity contribution < 1.29 is 18.3 Å². The third kappa shape index (κ3) is 3.56. The van der Waals surface area contributed by atoms with Gasteiger partial charge in [0.05, 0.1) is 18.4 Å². The van der Waals surface area contributed by atoms with E-state index in [1.54, 1.807) is 25.1 Å². The van der Waals surface area contributed by atoms with E-state index < -0.39 is 11.8 Å². The molecule has 0 spiro atoms. The van der Waals surface area contributed by atoms with Gasteiger partial charge in [0, 0.05) is 6.54 Å². The third-order valence-corrected chi connectivity index (χ3v) is 3.05. The molecule has 0 saturated heterocycles. The molecule has 0 aromatic heterocycles. The minimum atomic E-state index is -0.725. The Morgan fingerprint density at radius 2 is 1.90 bits per heavy atom. The van der Waals surface area contributed by atoms with Crippen LogP contribution >= 0.6 is 0 Å². The molecule has 110 valence electrons. The average molecular weight is 291 g/mol. The van der Waals surface area contributed by atoms with Gasteiger partial charge in [-0.15, -0.1) is 0 Å². The lowest BCUT2D eigenvalue weighted by Crippen LogP contribution is -2.07. The number of hydrogen-bond acceptors (Lipinski definition) is 3. The number of rotatable bonds is 4. The molecule has 0 bridgehead atoms. The molecule has 0 heterocycles. The zero-order chi connectivity index (χ0) is 15.4. The number of ether oxygens (including phenoxy) is 1. The van der Waals surface area contributed by atoms with Crippen LogP contribution < -0.4 is 5.32 Å². The van der Waals surface area contributed by atoms with Crippen LogP contribution in [0.2, 0.25) is 0 Å². The Morgan fingerprint density at radius 1 is 1.14 bits per heavy atom. The highest BCUT2D eigenvalue weighted by molar-refractivity contribution is 5.89. The lowest BCUT2D eigenvalue weighted by Gasteiger charge is -2.09. The number of hydrogen-bond donors (Lipinski definition) is 1. The molecule has 21 heavy (non-hydrogen) atoms. The smallest absolute Gasteiger partial charge is 0.340 e. The predicted molar refractivity (Wildman–Crippen MR) is 76.2 cm³/mol. The second kappa shape index (κ2) is 6.35. The topological polar surface area (TPSA) is 38.3 Å². The fourth-order valence-electron chi connectivity index (χ4n) is 1.90. The fraction of sp³-hybridized carbons (Fsp3) is 0.188. The van der Waals surface area contributed by atoms with E-state index in [-0.39, 0.29) is 17.9 Å². The van der Waals surface area contributed by atoms with Crippen molar-refractivity contribution >= 4 is 11.7 Å². The molecule has 0 saturated carbocycles. The number of esters is 1. The van der Waals surface area contributed by atoms with Crippen molar-refractivity contribution in [2.45, 2.75) is 13.5 Å². The molecule has 0 aliphatic carbocycles. The summed E-state index contributed by atoms with van der Waals surface area (Å²) in [6.45, 7) is 2.05. The second-order valence-corrected chi connectivity index (χ2v) is 4.64. The summed E-state index contributed by atoms with van der Waals surface area (Å²) in [5.74, 6) is -1.75. The van der Waals surface area contributed by atoms with Gasteiger partial charge in [-0.2, -0.15) is 0 Å². The first-order valence-electron chi connectivity index (χ1n) is 6.38. The van der Waals surface area contributed by atoms with E-state index in [1.165, 1.54) is 25.3 Å². The van der Waals surface area contributed by atoms with Gasteiger partial charge >= 0.3 is 5.97 Å². The molecular formula is C16H15F2NO2. The van der Waals surface area contributed by atoms with E-state index in [0.717, 1.165) is 5.56 Å². The van der Waals surface area contributed by atoms with Gasteiger partial charge in [0.1, 0.15) is 11.6 Å². The maximum Gasteiger partial charge on any atom is 0.340 e. The first kappa shape index (κ1) is 15.0. The number of nitrogens with one attached hydrogen (secondary N) is 1. The van der Waals surface area contributed by atoms with Gasteiger partial charge in [-0.3, -0.25) is 0 Å². The fourth-order valence-corrected chi connectivity index (χ4v) is 1.90. The molecule has 0 aliphatic rings. The van der Waals surface area contributed by atoms with Gasteiger partial charge in [0.15, 0.2) is 0 Å². The highest BCUT2D eigenvalue weighted by Crippen LogP contribution is 2.17. The lowest BCUT2D eigenvalue weighted by atomic mass is 10.1. The van der Waals surface area contributed by atoms with Gasteiger partial charge in [-0.05, 0) is 42.3 Å². The van der Waals surface area contributed by atoms with E-state index in [1.807, 2.05) is 0 Å². The summed E-state index contributed by atoms with van der Waals surface area (Å²) < 4.78 is 31.9. The second-order valence-electron chi connectivity index (χ2n) is 4.64. The van der Waals surface area contributed by atoms with Crippen LogP contribution in [0.15, 0.2) is 36.4 Å². The molecule has 3 nitrogen and oxygen atoms in total. The number of aryl methyl sites for hydroxylation is 1. The largest absolute Gasteiger partial charge is 0.465 e. The highest BCUT2D eigenvalue weighted by atomic mass is 19.1. The van der Waals surface area contributed by atoms with Crippen LogP contribution in [0.5, 0.6) is 0 Å². The van der Waals surface area contributed by atoms with E-state index >= 15 is 0 Å². The number of methoxy groups -OCH3 is 1. The summed E-state index contributed by atoms with van der Waals surface area (Å²) in [6, 6.07) is 9.00. The Kier molecular flexibility index (Phi) is 4.52. The third-order valence-electron chi connectivity index (χ3n) is 3.05. The summed E-state index contributed by atoms with van der Waals surface area (Å²) in [6.07, 6.45) is 0. The van der Waals surface area contributed by atoms with Crippen molar-refractivity contribution in [3.05, 3.63) is 64.7 Å². The molecule has 5 heteroatoms. The number of anilines is 1. The maximum atomic E-state index is 13.7. The monoisotopic (exact) mass is 291 g/mol. The van der Waals surface area contributed by atoms with Crippen LogP contribution in [0.4, 0.5) is 14.5 Å². The van der Waals surface area contributed by atoms with Crippen molar-refractivity contribution in [2.75, 3.05) is 12.4 Å². The molecule has 0 unspecified atom stereocenters. The minimum Gasteiger partial charge on any atom is -0.465 e. The first-order valence-corrected chi connectivity index (χ1v) is 6.38. The van der Waals surface area contributed by atoms with Crippen molar-refractivity contribution in [3.8, 4) is 0 Å². The maximum absolute atomic E-state index is 13.7. The Balaban J connectivity index is 2.10. The molecule has 0 atom stereocenters. The molecule has 0 amide bonds. The Morgan fingerprint density at radius 3 is 2.52 bits per heavy atom. The SMILES string of the molecule is COC(=O)c1ccc(CNc2ccc(C)cc2F)cc1F. The van der Waals surface area contributed by atoms with E-state index in [9.17, 15) is 13.6 Å². The molecule has 0 radical (unpaired) electrons. The molecule has 2 aromatic rings. The molecule has 1 N–H and O–H groups in total. The lowest BCUT2D eigenvalue weighted by molar-refractivity contribution is 0.0595. The van der Waals surface area contributed by atoms with Crippen LogP contribution in [0.25, 0.3) is 0 Å². The zero-order valence-electron chi connectivity index (χ0n) is 11.7. The normalized spacial score (nSPS) is 10.3. The Labute approximate surface area is 121 Å². The quantitative estimate of drug-likeness (QED) is 0.873. The summed E-state index contributed by atoms with van der Waals surface area (Å²) in [5, 5.41) is 2.89. The Hall–Kier alpha value is -2.43. The van der Waals surface area contributed by atoms with Crippen LogP contribution in [0.3, 0.4) is 0 Å². The first-order chi connectivity index (χ1) is 10.0. The van der Waals surface area contributed by atoms with Gasteiger partial charge in [0.25, 0.3) is 0 Å². The van der Waals surface area contributed by atoms with Gasteiger partial charge < -0.3 is 10.1 Å². The van der Waals surface area contributed by atoms with Crippen molar-refractivity contribution in [1.29, 1.82) is 0 Å². The van der Waals surface area contributed by atoms with Gasteiger partial charge in [-0.1, -0.05) is 12.1 Å². The summed E-state index contributed by atoms with van der Waals surface area (Å²) in [5.41, 5.74) is 1.65. The van der Waals surface area contributed by atoms with Gasteiger partial charge in [0.2, 0.25) is 0 Å². The van der Waals surface area contributed by atoms with Crippen LogP contribution in [0.1, 0.15) is 21.5 Å². The van der Waals surface area contributed by atoms with Crippen LogP contribution in [-0.4, -0.2) is 13.1 Å². The van der Waals surface area contributed by atoms with Gasteiger partial charge in [-0.25, -0.2) is 13.6 Å². The molecule has 2 aromatic carbocycles. The van der Waals surface area contributed by atoms with E-state index in [4.69, 9.17) is 0 Å². The zero-order valence-corrected chi connectivity index (χ0v) is 11.7. The van der Waals surface area contributed by atoms with E-state index in [2.05, 4.69) is 10.1 Å². The standard InChI is InChI=1S/C16H15F2NO2/c1-10-3-6-15(14(18)7-10)19-9-11-4-5-12(13(17)8-11)16(20)21-2/h3-8,19H,9H2,1-2H3. The summed E-state index contributed by atoms with van der Waals surface area (Å²) >= 11 is 0. The number of halogens is 2. The predicted octanol–water partition coefficient (Wildman–Crippen LogP) is 3.67. The molecule has 2 rings (SSSR count). The highest BCUT2D eigenvalue weighted by Gasteiger charge is 2.12. The molecule has 0 aliphatic heterocycles. The average Bonchev–Trinajstić information content (AvgIpc) is 2.45. The molecule has 0 fully saturated rings. The number of carbonyl (C=O) groups excluding carboxylic acids is 1. The van der Waals surface area contributed by atoms with Crippen molar-refractivity contribution in [3.63, 3.8) is 0 Å². The van der Waals surface area contributed by atoms with Crippen LogP contribution in [0, 0.1) is 18.6 Å². The minimum absolute atomic E-state index is 0.122. The summed E-state index contributed by atoms with van der Waals surface area (Å²) in [7, 11) is 1.19.